The summed E-state index contributed by atoms with van der Waals surface area (Å²) in [5, 5.41) is 21.0. The summed E-state index contributed by atoms with van der Waals surface area (Å²) in [5.41, 5.74) is -0.218. The number of nitrogens with zero attached hydrogens (tertiary/aromatic N) is 3. The predicted octanol–water partition coefficient (Wildman–Crippen LogP) is 1.02. The lowest BCUT2D eigenvalue weighted by Crippen LogP contribution is -2.47. The Labute approximate surface area is 176 Å². The van der Waals surface area contributed by atoms with E-state index >= 15 is 0 Å². The van der Waals surface area contributed by atoms with E-state index in [2.05, 4.69) is 5.32 Å². The third kappa shape index (κ3) is 6.05. The SMILES string of the molecule is CC(C)CC(NC(=O)/C(C#N)=C\N1CCN(S(=O)(=O)c2ccccc2)CC1)C(=O)O. The van der Waals surface area contributed by atoms with E-state index in [9.17, 15) is 28.4 Å². The normalized spacial score (nSPS) is 16.7. The standard InChI is InChI=1S/C20H26N4O5S/c1-15(2)12-18(20(26)27)22-19(25)16(13-21)14-23-8-10-24(11-9-23)30(28,29)17-6-4-3-5-7-17/h3-7,14-15,18H,8-12H2,1-2H3,(H,22,25)(H,26,27)/b16-14-. The Morgan fingerprint density at radius 3 is 2.30 bits per heavy atom. The average Bonchev–Trinajstić information content (AvgIpc) is 2.72. The Morgan fingerprint density at radius 1 is 1.20 bits per heavy atom. The molecule has 1 saturated heterocycles. The fourth-order valence-corrected chi connectivity index (χ4v) is 4.51. The minimum atomic E-state index is -3.60. The molecule has 1 atom stereocenters. The second-order valence-electron chi connectivity index (χ2n) is 7.40. The molecular formula is C20H26N4O5S. The van der Waals surface area contributed by atoms with Gasteiger partial charge in [-0.15, -0.1) is 0 Å². The van der Waals surface area contributed by atoms with Crippen LogP contribution in [0.15, 0.2) is 47.0 Å². The monoisotopic (exact) mass is 434 g/mol. The number of carboxylic acids is 1. The summed E-state index contributed by atoms with van der Waals surface area (Å²) >= 11 is 0. The Morgan fingerprint density at radius 2 is 1.80 bits per heavy atom. The van der Waals surface area contributed by atoms with Crippen LogP contribution in [0.3, 0.4) is 0 Å². The van der Waals surface area contributed by atoms with Crippen LogP contribution in [-0.2, 0) is 19.6 Å². The summed E-state index contributed by atoms with van der Waals surface area (Å²) in [4.78, 5) is 25.6. The van der Waals surface area contributed by atoms with Crippen LogP contribution in [0.5, 0.6) is 0 Å². The molecule has 1 aromatic rings. The molecule has 1 amide bonds. The molecular weight excluding hydrogens is 408 g/mol. The second kappa shape index (κ2) is 10.2. The highest BCUT2D eigenvalue weighted by molar-refractivity contribution is 7.89. The molecule has 1 aromatic carbocycles. The molecule has 30 heavy (non-hydrogen) atoms. The number of rotatable bonds is 8. The largest absolute Gasteiger partial charge is 0.480 e. The summed E-state index contributed by atoms with van der Waals surface area (Å²) in [6.45, 7) is 4.70. The first-order valence-electron chi connectivity index (χ1n) is 9.60. The van der Waals surface area contributed by atoms with Gasteiger partial charge in [0.1, 0.15) is 17.7 Å². The zero-order valence-corrected chi connectivity index (χ0v) is 17.8. The van der Waals surface area contributed by atoms with E-state index in [1.807, 2.05) is 13.8 Å². The maximum atomic E-state index is 12.7. The summed E-state index contributed by atoms with van der Waals surface area (Å²) in [5.74, 6) is -1.86. The number of piperazine rings is 1. The maximum Gasteiger partial charge on any atom is 0.326 e. The van der Waals surface area contributed by atoms with E-state index in [-0.39, 0.29) is 35.9 Å². The van der Waals surface area contributed by atoms with E-state index < -0.39 is 27.9 Å². The van der Waals surface area contributed by atoms with Gasteiger partial charge in [0, 0.05) is 32.4 Å². The lowest BCUT2D eigenvalue weighted by Gasteiger charge is -2.33. The van der Waals surface area contributed by atoms with Crippen LogP contribution >= 0.6 is 0 Å². The maximum absolute atomic E-state index is 12.7. The number of nitriles is 1. The van der Waals surface area contributed by atoms with Crippen LogP contribution in [-0.4, -0.2) is 66.8 Å². The number of hydrogen-bond donors (Lipinski definition) is 2. The van der Waals surface area contributed by atoms with Gasteiger partial charge < -0.3 is 15.3 Å². The van der Waals surface area contributed by atoms with Gasteiger partial charge in [-0.3, -0.25) is 4.79 Å². The molecule has 0 spiro atoms. The van der Waals surface area contributed by atoms with Gasteiger partial charge in [-0.05, 0) is 24.5 Å². The molecule has 0 radical (unpaired) electrons. The highest BCUT2D eigenvalue weighted by atomic mass is 32.2. The van der Waals surface area contributed by atoms with Gasteiger partial charge in [0.25, 0.3) is 5.91 Å². The van der Waals surface area contributed by atoms with Crippen molar-refractivity contribution < 1.29 is 23.1 Å². The summed E-state index contributed by atoms with van der Waals surface area (Å²) < 4.78 is 26.7. The number of carbonyl (C=O) groups excluding carboxylic acids is 1. The van der Waals surface area contributed by atoms with Crippen molar-refractivity contribution in [2.45, 2.75) is 31.2 Å². The fourth-order valence-electron chi connectivity index (χ4n) is 3.06. The molecule has 162 valence electrons. The highest BCUT2D eigenvalue weighted by Gasteiger charge is 2.28. The highest BCUT2D eigenvalue weighted by Crippen LogP contribution is 2.17. The van der Waals surface area contributed by atoms with E-state index in [0.717, 1.165) is 0 Å². The fraction of sp³-hybridized carbons (Fsp3) is 0.450. The predicted molar refractivity (Wildman–Crippen MR) is 109 cm³/mol. The average molecular weight is 435 g/mol. The number of aliphatic carboxylic acids is 1. The van der Waals surface area contributed by atoms with Gasteiger partial charge in [0.2, 0.25) is 10.0 Å². The molecule has 2 N–H and O–H groups in total. The van der Waals surface area contributed by atoms with Gasteiger partial charge in [-0.1, -0.05) is 32.0 Å². The Balaban J connectivity index is 2.02. The van der Waals surface area contributed by atoms with Crippen molar-refractivity contribution >= 4 is 21.9 Å². The third-order valence-corrected chi connectivity index (χ3v) is 6.55. The van der Waals surface area contributed by atoms with Crippen LogP contribution < -0.4 is 5.32 Å². The zero-order valence-electron chi connectivity index (χ0n) is 17.0. The number of hydrogen-bond acceptors (Lipinski definition) is 6. The molecule has 0 saturated carbocycles. The van der Waals surface area contributed by atoms with Crippen molar-refractivity contribution in [3.8, 4) is 6.07 Å². The van der Waals surface area contributed by atoms with E-state index in [4.69, 9.17) is 0 Å². The quantitative estimate of drug-likeness (QED) is 0.461. The van der Waals surface area contributed by atoms with Crippen molar-refractivity contribution in [3.05, 3.63) is 42.1 Å². The van der Waals surface area contributed by atoms with Crippen LogP contribution in [0.2, 0.25) is 0 Å². The van der Waals surface area contributed by atoms with E-state index in [1.165, 1.54) is 22.6 Å². The molecule has 2 rings (SSSR count). The summed E-state index contributed by atoms with van der Waals surface area (Å²) in [7, 11) is -3.60. The summed E-state index contributed by atoms with van der Waals surface area (Å²) in [6, 6.07) is 8.85. The topological polar surface area (TPSA) is 131 Å². The van der Waals surface area contributed by atoms with Crippen LogP contribution in [0.25, 0.3) is 0 Å². The smallest absolute Gasteiger partial charge is 0.326 e. The molecule has 1 aliphatic heterocycles. The zero-order chi connectivity index (χ0) is 22.3. The van der Waals surface area contributed by atoms with Crippen molar-refractivity contribution in [2.24, 2.45) is 5.92 Å². The number of carbonyl (C=O) groups is 2. The van der Waals surface area contributed by atoms with Gasteiger partial charge in [-0.2, -0.15) is 9.57 Å². The van der Waals surface area contributed by atoms with Crippen molar-refractivity contribution in [3.63, 3.8) is 0 Å². The van der Waals surface area contributed by atoms with Gasteiger partial charge in [-0.25, -0.2) is 13.2 Å². The molecule has 10 heteroatoms. The number of sulfonamides is 1. The lowest BCUT2D eigenvalue weighted by molar-refractivity contribution is -0.141. The Hall–Kier alpha value is -2.90. The summed E-state index contributed by atoms with van der Waals surface area (Å²) in [6.07, 6.45) is 1.60. The van der Waals surface area contributed by atoms with Gasteiger partial charge in [0.05, 0.1) is 4.90 Å². The molecule has 0 aromatic heterocycles. The minimum absolute atomic E-state index is 0.0561. The lowest BCUT2D eigenvalue weighted by atomic mass is 10.0. The number of carboxylic acid groups (broad SMARTS) is 1. The first-order chi connectivity index (χ1) is 14.1. The number of nitrogens with one attached hydrogen (secondary N) is 1. The molecule has 1 fully saturated rings. The molecule has 9 nitrogen and oxygen atoms in total. The van der Waals surface area contributed by atoms with Crippen LogP contribution in [0, 0.1) is 17.2 Å². The van der Waals surface area contributed by atoms with E-state index in [0.29, 0.717) is 13.1 Å². The molecule has 1 aliphatic rings. The van der Waals surface area contributed by atoms with Gasteiger partial charge >= 0.3 is 5.97 Å². The first-order valence-corrected chi connectivity index (χ1v) is 11.0. The minimum Gasteiger partial charge on any atom is -0.480 e. The molecule has 1 unspecified atom stereocenters. The number of benzene rings is 1. The van der Waals surface area contributed by atoms with Gasteiger partial charge in [0.15, 0.2) is 0 Å². The molecule has 1 heterocycles. The Bertz CT molecular complexity index is 930. The Kier molecular flexibility index (Phi) is 7.97. The second-order valence-corrected chi connectivity index (χ2v) is 9.34. The third-order valence-electron chi connectivity index (χ3n) is 4.64. The van der Waals surface area contributed by atoms with E-state index in [1.54, 1.807) is 29.2 Å². The van der Waals surface area contributed by atoms with Crippen molar-refractivity contribution in [1.29, 1.82) is 5.26 Å². The van der Waals surface area contributed by atoms with Crippen molar-refractivity contribution in [1.82, 2.24) is 14.5 Å². The van der Waals surface area contributed by atoms with Crippen molar-refractivity contribution in [2.75, 3.05) is 26.2 Å². The number of amides is 1. The molecule has 0 bridgehead atoms. The first kappa shape index (κ1) is 23.4. The van der Waals surface area contributed by atoms with Crippen LogP contribution in [0.4, 0.5) is 0 Å². The van der Waals surface area contributed by atoms with Crippen LogP contribution in [0.1, 0.15) is 20.3 Å². The molecule has 0 aliphatic carbocycles.